The maximum Gasteiger partial charge on any atom is 0.241 e. The first-order valence-electron chi connectivity index (χ1n) is 6.67. The summed E-state index contributed by atoms with van der Waals surface area (Å²) in [6.07, 6.45) is 0. The quantitative estimate of drug-likeness (QED) is 0.882. The SMILES string of the molecule is CC(C)NC(=O)CNS(=O)(=O)c1cccc2ccccc12. The van der Waals surface area contributed by atoms with Crippen LogP contribution in [0.15, 0.2) is 47.4 Å². The fourth-order valence-electron chi connectivity index (χ4n) is 2.04. The minimum Gasteiger partial charge on any atom is -0.353 e. The number of hydrogen-bond donors (Lipinski definition) is 2. The summed E-state index contributed by atoms with van der Waals surface area (Å²) < 4.78 is 27.0. The Morgan fingerprint density at radius 1 is 1.10 bits per heavy atom. The van der Waals surface area contributed by atoms with Gasteiger partial charge >= 0.3 is 0 Å². The lowest BCUT2D eigenvalue weighted by Crippen LogP contribution is -2.39. The van der Waals surface area contributed by atoms with Crippen LogP contribution in [0.2, 0.25) is 0 Å². The Kier molecular flexibility index (Phi) is 4.59. The number of rotatable bonds is 5. The lowest BCUT2D eigenvalue weighted by atomic mass is 10.1. The van der Waals surface area contributed by atoms with Gasteiger partial charge in [-0.1, -0.05) is 36.4 Å². The number of hydrogen-bond acceptors (Lipinski definition) is 3. The molecule has 0 heterocycles. The molecule has 2 N–H and O–H groups in total. The van der Waals surface area contributed by atoms with E-state index in [1.165, 1.54) is 6.07 Å². The van der Waals surface area contributed by atoms with Crippen LogP contribution < -0.4 is 10.0 Å². The van der Waals surface area contributed by atoms with Gasteiger partial charge in [-0.25, -0.2) is 13.1 Å². The fourth-order valence-corrected chi connectivity index (χ4v) is 3.25. The Morgan fingerprint density at radius 2 is 1.76 bits per heavy atom. The van der Waals surface area contributed by atoms with Crippen LogP contribution in [-0.4, -0.2) is 26.9 Å². The van der Waals surface area contributed by atoms with Crippen molar-refractivity contribution in [1.82, 2.24) is 10.0 Å². The van der Waals surface area contributed by atoms with E-state index in [0.29, 0.717) is 5.39 Å². The summed E-state index contributed by atoms with van der Waals surface area (Å²) in [5, 5.41) is 4.11. The maximum atomic E-state index is 12.3. The van der Waals surface area contributed by atoms with E-state index < -0.39 is 10.0 Å². The second-order valence-electron chi connectivity index (χ2n) is 5.02. The second kappa shape index (κ2) is 6.24. The number of carbonyl (C=O) groups is 1. The van der Waals surface area contributed by atoms with Gasteiger partial charge in [-0.2, -0.15) is 0 Å². The third-order valence-electron chi connectivity index (χ3n) is 2.91. The molecular weight excluding hydrogens is 288 g/mol. The first-order chi connectivity index (χ1) is 9.90. The summed E-state index contributed by atoms with van der Waals surface area (Å²) in [5.41, 5.74) is 0. The van der Waals surface area contributed by atoms with E-state index in [2.05, 4.69) is 10.0 Å². The van der Waals surface area contributed by atoms with Crippen LogP contribution in [0.3, 0.4) is 0 Å². The Bertz CT molecular complexity index is 749. The van der Waals surface area contributed by atoms with E-state index in [-0.39, 0.29) is 23.4 Å². The number of sulfonamides is 1. The molecule has 0 saturated carbocycles. The molecule has 0 saturated heterocycles. The predicted molar refractivity (Wildman–Crippen MR) is 82.4 cm³/mol. The van der Waals surface area contributed by atoms with Gasteiger partial charge in [0.05, 0.1) is 11.4 Å². The van der Waals surface area contributed by atoms with Crippen molar-refractivity contribution in [2.75, 3.05) is 6.54 Å². The molecule has 112 valence electrons. The van der Waals surface area contributed by atoms with Gasteiger partial charge in [0.2, 0.25) is 15.9 Å². The monoisotopic (exact) mass is 306 g/mol. The highest BCUT2D eigenvalue weighted by molar-refractivity contribution is 7.89. The molecule has 2 aromatic carbocycles. The zero-order valence-corrected chi connectivity index (χ0v) is 12.8. The molecule has 2 rings (SSSR count). The zero-order valence-electron chi connectivity index (χ0n) is 12.0. The van der Waals surface area contributed by atoms with Gasteiger partial charge < -0.3 is 5.32 Å². The summed E-state index contributed by atoms with van der Waals surface area (Å²) >= 11 is 0. The smallest absolute Gasteiger partial charge is 0.241 e. The average Bonchev–Trinajstić information content (AvgIpc) is 2.44. The molecule has 0 aromatic heterocycles. The van der Waals surface area contributed by atoms with Gasteiger partial charge in [-0.15, -0.1) is 0 Å². The van der Waals surface area contributed by atoms with Crippen molar-refractivity contribution in [3.05, 3.63) is 42.5 Å². The molecule has 5 nitrogen and oxygen atoms in total. The van der Waals surface area contributed by atoms with Gasteiger partial charge in [-0.3, -0.25) is 4.79 Å². The summed E-state index contributed by atoms with van der Waals surface area (Å²) in [7, 11) is -3.73. The van der Waals surface area contributed by atoms with Gasteiger partial charge in [0, 0.05) is 11.4 Å². The van der Waals surface area contributed by atoms with Crippen LogP contribution in [0.1, 0.15) is 13.8 Å². The van der Waals surface area contributed by atoms with Crippen LogP contribution >= 0.6 is 0 Å². The lowest BCUT2D eigenvalue weighted by Gasteiger charge is -2.11. The summed E-state index contributed by atoms with van der Waals surface area (Å²) in [5.74, 6) is -0.353. The highest BCUT2D eigenvalue weighted by atomic mass is 32.2. The second-order valence-corrected chi connectivity index (χ2v) is 6.76. The summed E-state index contributed by atoms with van der Waals surface area (Å²) in [4.78, 5) is 11.7. The van der Waals surface area contributed by atoms with Crippen LogP contribution in [-0.2, 0) is 14.8 Å². The Hall–Kier alpha value is -1.92. The van der Waals surface area contributed by atoms with Crippen molar-refractivity contribution in [2.24, 2.45) is 0 Å². The van der Waals surface area contributed by atoms with Crippen molar-refractivity contribution in [3.8, 4) is 0 Å². The third-order valence-corrected chi connectivity index (χ3v) is 4.37. The number of amides is 1. The molecule has 21 heavy (non-hydrogen) atoms. The van der Waals surface area contributed by atoms with E-state index in [1.807, 2.05) is 32.0 Å². The lowest BCUT2D eigenvalue weighted by molar-refractivity contribution is -0.120. The highest BCUT2D eigenvalue weighted by Gasteiger charge is 2.18. The third kappa shape index (κ3) is 3.80. The van der Waals surface area contributed by atoms with Crippen molar-refractivity contribution in [3.63, 3.8) is 0 Å². The molecule has 0 spiro atoms. The number of nitrogens with one attached hydrogen (secondary N) is 2. The maximum absolute atomic E-state index is 12.3. The predicted octanol–water partition coefficient (Wildman–Crippen LogP) is 1.64. The Labute approximate surface area is 124 Å². The molecule has 0 aliphatic heterocycles. The van der Waals surface area contributed by atoms with Gasteiger partial charge in [0.1, 0.15) is 0 Å². The molecule has 0 bridgehead atoms. The minimum atomic E-state index is -3.73. The summed E-state index contributed by atoms with van der Waals surface area (Å²) in [6.45, 7) is 3.36. The van der Waals surface area contributed by atoms with Gasteiger partial charge in [0.15, 0.2) is 0 Å². The summed E-state index contributed by atoms with van der Waals surface area (Å²) in [6, 6.07) is 12.3. The fraction of sp³-hybridized carbons (Fsp3) is 0.267. The number of benzene rings is 2. The molecular formula is C15H18N2O3S. The largest absolute Gasteiger partial charge is 0.353 e. The zero-order chi connectivity index (χ0) is 15.5. The highest BCUT2D eigenvalue weighted by Crippen LogP contribution is 2.22. The Balaban J connectivity index is 2.24. The van der Waals surface area contributed by atoms with E-state index >= 15 is 0 Å². The number of carbonyl (C=O) groups excluding carboxylic acids is 1. The molecule has 6 heteroatoms. The van der Waals surface area contributed by atoms with E-state index in [1.54, 1.807) is 18.2 Å². The van der Waals surface area contributed by atoms with Crippen molar-refractivity contribution >= 4 is 26.7 Å². The first-order valence-corrected chi connectivity index (χ1v) is 8.15. The normalized spacial score (nSPS) is 11.8. The molecule has 0 aliphatic rings. The molecule has 0 unspecified atom stereocenters. The van der Waals surface area contributed by atoms with E-state index in [9.17, 15) is 13.2 Å². The number of fused-ring (bicyclic) bond motifs is 1. The van der Waals surface area contributed by atoms with Crippen LogP contribution in [0.25, 0.3) is 10.8 Å². The Morgan fingerprint density at radius 3 is 2.48 bits per heavy atom. The molecule has 2 aromatic rings. The van der Waals surface area contributed by atoms with Crippen molar-refractivity contribution < 1.29 is 13.2 Å². The van der Waals surface area contributed by atoms with E-state index in [0.717, 1.165) is 5.39 Å². The van der Waals surface area contributed by atoms with Gasteiger partial charge in [-0.05, 0) is 25.3 Å². The van der Waals surface area contributed by atoms with Gasteiger partial charge in [0.25, 0.3) is 0 Å². The van der Waals surface area contributed by atoms with Crippen LogP contribution in [0.4, 0.5) is 0 Å². The molecule has 0 fully saturated rings. The topological polar surface area (TPSA) is 75.3 Å². The average molecular weight is 306 g/mol. The van der Waals surface area contributed by atoms with Crippen molar-refractivity contribution in [2.45, 2.75) is 24.8 Å². The molecule has 0 radical (unpaired) electrons. The van der Waals surface area contributed by atoms with Crippen LogP contribution in [0.5, 0.6) is 0 Å². The van der Waals surface area contributed by atoms with E-state index in [4.69, 9.17) is 0 Å². The molecule has 0 aliphatic carbocycles. The van der Waals surface area contributed by atoms with Crippen molar-refractivity contribution in [1.29, 1.82) is 0 Å². The molecule has 0 atom stereocenters. The minimum absolute atomic E-state index is 0.0282. The van der Waals surface area contributed by atoms with Crippen LogP contribution in [0, 0.1) is 0 Å². The standard InChI is InChI=1S/C15H18N2O3S/c1-11(2)17-15(18)10-16-21(19,20)14-9-5-7-12-6-3-4-8-13(12)14/h3-9,11,16H,10H2,1-2H3,(H,17,18). The molecule has 1 amide bonds. The first kappa shape index (κ1) is 15.5.